The molecule has 0 rings (SSSR count). The van der Waals surface area contributed by atoms with Crippen molar-refractivity contribution in [1.29, 1.82) is 0 Å². The summed E-state index contributed by atoms with van der Waals surface area (Å²) in [5.41, 5.74) is -0.389. The Morgan fingerprint density at radius 2 is 1.22 bits per heavy atom. The van der Waals surface area contributed by atoms with Crippen LogP contribution in [0.15, 0.2) is 0 Å². The summed E-state index contributed by atoms with van der Waals surface area (Å²) >= 11 is 0. The van der Waals surface area contributed by atoms with Crippen molar-refractivity contribution in [2.24, 2.45) is 5.41 Å². The topological polar surface area (TPSA) is 40.5 Å². The van der Waals surface area contributed by atoms with Gasteiger partial charge in [0, 0.05) is 5.41 Å². The van der Waals surface area contributed by atoms with Crippen molar-refractivity contribution in [3.63, 3.8) is 0 Å². The van der Waals surface area contributed by atoms with Crippen molar-refractivity contribution < 1.29 is 10.2 Å². The molecule has 56 valence electrons. The SMILES string of the molecule is CC(O)C(C)(C)[C@H](C)O. The molecule has 2 N–H and O–H groups in total. The Kier molecular flexibility index (Phi) is 2.65. The Labute approximate surface area is 56.5 Å². The molecule has 0 fully saturated rings. The van der Waals surface area contributed by atoms with Crippen LogP contribution in [-0.4, -0.2) is 22.4 Å². The number of hydrogen-bond donors (Lipinski definition) is 2. The van der Waals surface area contributed by atoms with Gasteiger partial charge in [-0.15, -0.1) is 0 Å². The predicted octanol–water partition coefficient (Wildman–Crippen LogP) is 0.774. The van der Waals surface area contributed by atoms with E-state index in [2.05, 4.69) is 0 Å². The zero-order valence-corrected chi connectivity index (χ0v) is 6.55. The second-order valence-corrected chi connectivity index (χ2v) is 3.17. The standard InChI is InChI=1S/C7H16O2/c1-5(8)7(3,4)6(2)9/h5-6,8-9H,1-4H3/t5-,6?/m0/s1. The molecule has 2 heteroatoms. The minimum atomic E-state index is -0.461. The van der Waals surface area contributed by atoms with E-state index in [-0.39, 0.29) is 5.41 Å². The predicted molar refractivity (Wildman–Crippen MR) is 37.1 cm³/mol. The lowest BCUT2D eigenvalue weighted by Gasteiger charge is -2.30. The Morgan fingerprint density at radius 3 is 1.22 bits per heavy atom. The summed E-state index contributed by atoms with van der Waals surface area (Å²) in [4.78, 5) is 0. The van der Waals surface area contributed by atoms with E-state index in [1.54, 1.807) is 13.8 Å². The van der Waals surface area contributed by atoms with Gasteiger partial charge in [-0.1, -0.05) is 13.8 Å². The van der Waals surface area contributed by atoms with Crippen LogP contribution in [0.5, 0.6) is 0 Å². The highest BCUT2D eigenvalue weighted by Crippen LogP contribution is 2.24. The molecule has 0 radical (unpaired) electrons. The molecular formula is C7H16O2. The number of aliphatic hydroxyl groups is 2. The van der Waals surface area contributed by atoms with E-state index in [0.717, 1.165) is 0 Å². The molecule has 0 aromatic carbocycles. The highest BCUT2D eigenvalue weighted by Gasteiger charge is 2.29. The van der Waals surface area contributed by atoms with Crippen LogP contribution in [0.1, 0.15) is 27.7 Å². The molecule has 0 aromatic heterocycles. The van der Waals surface area contributed by atoms with E-state index in [1.807, 2.05) is 13.8 Å². The summed E-state index contributed by atoms with van der Waals surface area (Å²) in [6.07, 6.45) is -0.921. The van der Waals surface area contributed by atoms with Gasteiger partial charge >= 0.3 is 0 Å². The van der Waals surface area contributed by atoms with Crippen LogP contribution < -0.4 is 0 Å². The second kappa shape index (κ2) is 2.67. The molecule has 9 heavy (non-hydrogen) atoms. The smallest absolute Gasteiger partial charge is 0.0587 e. The first kappa shape index (κ1) is 8.92. The molecule has 0 spiro atoms. The van der Waals surface area contributed by atoms with Gasteiger partial charge in [0.15, 0.2) is 0 Å². The normalized spacial score (nSPS) is 19.3. The minimum absolute atomic E-state index is 0.389. The number of aliphatic hydroxyl groups excluding tert-OH is 2. The van der Waals surface area contributed by atoms with E-state index in [1.165, 1.54) is 0 Å². The van der Waals surface area contributed by atoms with Crippen molar-refractivity contribution in [3.05, 3.63) is 0 Å². The van der Waals surface area contributed by atoms with E-state index >= 15 is 0 Å². The van der Waals surface area contributed by atoms with Crippen LogP contribution in [0.2, 0.25) is 0 Å². The lowest BCUT2D eigenvalue weighted by molar-refractivity contribution is -0.0289. The maximum atomic E-state index is 9.09. The Bertz CT molecular complexity index is 74.9. The van der Waals surface area contributed by atoms with Crippen LogP contribution in [-0.2, 0) is 0 Å². The number of rotatable bonds is 2. The van der Waals surface area contributed by atoms with E-state index in [9.17, 15) is 0 Å². The van der Waals surface area contributed by atoms with Crippen molar-refractivity contribution in [1.82, 2.24) is 0 Å². The third-order valence-corrected chi connectivity index (χ3v) is 2.15. The maximum Gasteiger partial charge on any atom is 0.0587 e. The van der Waals surface area contributed by atoms with Crippen LogP contribution in [0.4, 0.5) is 0 Å². The van der Waals surface area contributed by atoms with Crippen LogP contribution in [0.25, 0.3) is 0 Å². The molecule has 2 atom stereocenters. The quantitative estimate of drug-likeness (QED) is 0.582. The van der Waals surface area contributed by atoms with Gasteiger partial charge in [-0.05, 0) is 13.8 Å². The molecular weight excluding hydrogens is 116 g/mol. The molecule has 0 aliphatic heterocycles. The highest BCUT2D eigenvalue weighted by atomic mass is 16.3. The fraction of sp³-hybridized carbons (Fsp3) is 1.00. The third-order valence-electron chi connectivity index (χ3n) is 2.15. The summed E-state index contributed by atoms with van der Waals surface area (Å²) in [7, 11) is 0. The lowest BCUT2D eigenvalue weighted by atomic mass is 9.82. The summed E-state index contributed by atoms with van der Waals surface area (Å²) in [6, 6.07) is 0. The van der Waals surface area contributed by atoms with Crippen molar-refractivity contribution >= 4 is 0 Å². The third kappa shape index (κ3) is 1.95. The summed E-state index contributed by atoms with van der Waals surface area (Å²) in [6.45, 7) is 7.05. The summed E-state index contributed by atoms with van der Waals surface area (Å²) in [5, 5.41) is 18.2. The van der Waals surface area contributed by atoms with Gasteiger partial charge in [0.25, 0.3) is 0 Å². The first-order chi connectivity index (χ1) is 3.89. The first-order valence-electron chi connectivity index (χ1n) is 3.25. The second-order valence-electron chi connectivity index (χ2n) is 3.17. The Balaban J connectivity index is 4.01. The van der Waals surface area contributed by atoms with Crippen molar-refractivity contribution in [3.8, 4) is 0 Å². The lowest BCUT2D eigenvalue weighted by Crippen LogP contribution is -2.36. The molecule has 0 bridgehead atoms. The van der Waals surface area contributed by atoms with E-state index in [4.69, 9.17) is 10.2 Å². The molecule has 0 saturated heterocycles. The average Bonchev–Trinajstić information content (AvgIpc) is 1.65. The summed E-state index contributed by atoms with van der Waals surface area (Å²) < 4.78 is 0. The molecule has 0 amide bonds. The molecule has 0 aliphatic rings. The molecule has 0 aromatic rings. The molecule has 0 heterocycles. The Morgan fingerprint density at radius 1 is 1.00 bits per heavy atom. The van der Waals surface area contributed by atoms with Crippen molar-refractivity contribution in [2.45, 2.75) is 39.9 Å². The van der Waals surface area contributed by atoms with Gasteiger partial charge < -0.3 is 10.2 Å². The molecule has 0 aliphatic carbocycles. The molecule has 0 saturated carbocycles. The fourth-order valence-corrected chi connectivity index (χ4v) is 0.349. The number of hydrogen-bond acceptors (Lipinski definition) is 2. The van der Waals surface area contributed by atoms with Gasteiger partial charge in [-0.3, -0.25) is 0 Å². The Hall–Kier alpha value is -0.0800. The van der Waals surface area contributed by atoms with Gasteiger partial charge in [0.1, 0.15) is 0 Å². The average molecular weight is 132 g/mol. The maximum absolute atomic E-state index is 9.09. The van der Waals surface area contributed by atoms with Crippen LogP contribution >= 0.6 is 0 Å². The highest BCUT2D eigenvalue weighted by molar-refractivity contribution is 4.79. The zero-order chi connectivity index (χ0) is 7.65. The van der Waals surface area contributed by atoms with E-state index < -0.39 is 12.2 Å². The molecule has 2 nitrogen and oxygen atoms in total. The van der Waals surface area contributed by atoms with E-state index in [0.29, 0.717) is 0 Å². The van der Waals surface area contributed by atoms with Gasteiger partial charge in [-0.2, -0.15) is 0 Å². The summed E-state index contributed by atoms with van der Waals surface area (Å²) in [5.74, 6) is 0. The van der Waals surface area contributed by atoms with Gasteiger partial charge in [-0.25, -0.2) is 0 Å². The molecule has 1 unspecified atom stereocenters. The van der Waals surface area contributed by atoms with Gasteiger partial charge in [0.05, 0.1) is 12.2 Å². The zero-order valence-electron chi connectivity index (χ0n) is 6.55. The minimum Gasteiger partial charge on any atom is -0.393 e. The monoisotopic (exact) mass is 132 g/mol. The largest absolute Gasteiger partial charge is 0.393 e. The first-order valence-corrected chi connectivity index (χ1v) is 3.25. The fourth-order valence-electron chi connectivity index (χ4n) is 0.349. The van der Waals surface area contributed by atoms with Gasteiger partial charge in [0.2, 0.25) is 0 Å². The van der Waals surface area contributed by atoms with Crippen LogP contribution in [0.3, 0.4) is 0 Å². The van der Waals surface area contributed by atoms with Crippen LogP contribution in [0, 0.1) is 5.41 Å². The van der Waals surface area contributed by atoms with Crippen molar-refractivity contribution in [2.75, 3.05) is 0 Å².